The van der Waals surface area contributed by atoms with E-state index >= 15 is 0 Å². The molecule has 4 aliphatic rings. The van der Waals surface area contributed by atoms with Crippen LogP contribution in [0.5, 0.6) is 0 Å². The van der Waals surface area contributed by atoms with Gasteiger partial charge in [-0.1, -0.05) is 6.08 Å². The van der Waals surface area contributed by atoms with Crippen molar-refractivity contribution in [3.8, 4) is 0 Å². The Morgan fingerprint density at radius 1 is 0.857 bits per heavy atom. The van der Waals surface area contributed by atoms with Crippen LogP contribution in [0.4, 0.5) is 0 Å². The Morgan fingerprint density at radius 3 is 2.29 bits per heavy atom. The molecule has 0 unspecified atom stereocenters. The van der Waals surface area contributed by atoms with Crippen LogP contribution in [0.25, 0.3) is 0 Å². The van der Waals surface area contributed by atoms with Crippen molar-refractivity contribution in [3.05, 3.63) is 12.2 Å². The Hall–Kier alpha value is -0.500. The molecule has 0 radical (unpaired) electrons. The van der Waals surface area contributed by atoms with Crippen molar-refractivity contribution in [1.82, 2.24) is 0 Å². The van der Waals surface area contributed by atoms with E-state index < -0.39 is 17.4 Å². The first kappa shape index (κ1) is 14.1. The zero-order valence-corrected chi connectivity index (χ0v) is 12.8. The SMILES string of the molecule is CC1(C)OC[C@H]([C@H]2O[C@@]3(C=CCO3)[C@H]3OC(C)(C)O[C@@H]23)O1. The summed E-state index contributed by atoms with van der Waals surface area (Å²) >= 11 is 0. The molecule has 118 valence electrons. The minimum absolute atomic E-state index is 0.193. The first-order valence-electron chi connectivity index (χ1n) is 7.47. The second-order valence-corrected chi connectivity index (χ2v) is 6.91. The third-order valence-electron chi connectivity index (χ3n) is 4.32. The Balaban J connectivity index is 1.62. The summed E-state index contributed by atoms with van der Waals surface area (Å²) in [6.45, 7) is 8.61. The molecule has 0 aromatic carbocycles. The molecule has 21 heavy (non-hydrogen) atoms. The van der Waals surface area contributed by atoms with E-state index in [-0.39, 0.29) is 24.4 Å². The van der Waals surface area contributed by atoms with Crippen LogP contribution in [0.15, 0.2) is 12.2 Å². The first-order valence-corrected chi connectivity index (χ1v) is 7.47. The smallest absolute Gasteiger partial charge is 0.218 e. The number of hydrogen-bond donors (Lipinski definition) is 0. The van der Waals surface area contributed by atoms with Crippen LogP contribution in [0.3, 0.4) is 0 Å². The lowest BCUT2D eigenvalue weighted by Gasteiger charge is -2.30. The minimum Gasteiger partial charge on any atom is -0.348 e. The maximum atomic E-state index is 6.18. The van der Waals surface area contributed by atoms with Gasteiger partial charge in [0.15, 0.2) is 11.6 Å². The van der Waals surface area contributed by atoms with E-state index in [1.807, 2.05) is 39.8 Å². The fraction of sp³-hybridized carbons (Fsp3) is 0.867. The standard InChI is InChI=1S/C15H22O6/c1-13(2)17-8-9(18-13)10-11-12(21-14(3,4)19-11)15(20-10)6-5-7-16-15/h5-6,9-12H,7-8H2,1-4H3/t9-,10-,11+,12+,15+/m1/s1. The van der Waals surface area contributed by atoms with Gasteiger partial charge in [-0.3, -0.25) is 0 Å². The van der Waals surface area contributed by atoms with Crippen LogP contribution in [0.1, 0.15) is 27.7 Å². The molecule has 4 heterocycles. The van der Waals surface area contributed by atoms with Gasteiger partial charge in [0.1, 0.15) is 24.4 Å². The predicted octanol–water partition coefficient (Wildman–Crippen LogP) is 1.34. The van der Waals surface area contributed by atoms with Crippen LogP contribution in [0, 0.1) is 0 Å². The van der Waals surface area contributed by atoms with Gasteiger partial charge in [-0.05, 0) is 33.8 Å². The van der Waals surface area contributed by atoms with Gasteiger partial charge < -0.3 is 28.4 Å². The Labute approximate surface area is 124 Å². The molecule has 0 aromatic rings. The van der Waals surface area contributed by atoms with Crippen molar-refractivity contribution in [2.24, 2.45) is 0 Å². The van der Waals surface area contributed by atoms with Gasteiger partial charge in [-0.15, -0.1) is 0 Å². The third kappa shape index (κ3) is 2.17. The highest BCUT2D eigenvalue weighted by atomic mass is 16.8. The van der Waals surface area contributed by atoms with Gasteiger partial charge >= 0.3 is 0 Å². The van der Waals surface area contributed by atoms with Crippen molar-refractivity contribution in [2.75, 3.05) is 13.2 Å². The van der Waals surface area contributed by atoms with Crippen LogP contribution >= 0.6 is 0 Å². The van der Waals surface area contributed by atoms with Gasteiger partial charge in [0.2, 0.25) is 5.79 Å². The average molecular weight is 298 g/mol. The summed E-state index contributed by atoms with van der Waals surface area (Å²) in [6.07, 6.45) is 2.89. The molecule has 5 atom stereocenters. The molecule has 0 aliphatic carbocycles. The molecule has 0 saturated carbocycles. The normalized spacial score (nSPS) is 50.1. The van der Waals surface area contributed by atoms with Gasteiger partial charge in [0, 0.05) is 0 Å². The molecule has 6 heteroatoms. The molecule has 4 rings (SSSR count). The fourth-order valence-electron chi connectivity index (χ4n) is 3.54. The summed E-state index contributed by atoms with van der Waals surface area (Å²) in [5.74, 6) is -2.11. The lowest BCUT2D eigenvalue weighted by atomic mass is 10.0. The lowest BCUT2D eigenvalue weighted by Crippen LogP contribution is -2.42. The molecule has 6 nitrogen and oxygen atoms in total. The van der Waals surface area contributed by atoms with Crippen LogP contribution < -0.4 is 0 Å². The van der Waals surface area contributed by atoms with E-state index in [1.54, 1.807) is 0 Å². The Morgan fingerprint density at radius 2 is 1.67 bits per heavy atom. The summed E-state index contributed by atoms with van der Waals surface area (Å²) in [5.41, 5.74) is 0. The summed E-state index contributed by atoms with van der Waals surface area (Å²) in [6, 6.07) is 0. The summed E-state index contributed by atoms with van der Waals surface area (Å²) in [5, 5.41) is 0. The van der Waals surface area contributed by atoms with E-state index in [1.165, 1.54) is 0 Å². The zero-order chi connectivity index (χ0) is 14.9. The van der Waals surface area contributed by atoms with Gasteiger partial charge in [-0.25, -0.2) is 0 Å². The van der Waals surface area contributed by atoms with E-state index in [9.17, 15) is 0 Å². The highest BCUT2D eigenvalue weighted by Crippen LogP contribution is 2.48. The van der Waals surface area contributed by atoms with Gasteiger partial charge in [0.05, 0.1) is 13.2 Å². The molecule has 4 aliphatic heterocycles. The number of ether oxygens (including phenoxy) is 6. The number of fused-ring (bicyclic) bond motifs is 2. The van der Waals surface area contributed by atoms with E-state index in [4.69, 9.17) is 28.4 Å². The second-order valence-electron chi connectivity index (χ2n) is 6.91. The monoisotopic (exact) mass is 298 g/mol. The Kier molecular flexibility index (Phi) is 2.88. The van der Waals surface area contributed by atoms with Crippen LogP contribution in [-0.4, -0.2) is 55.0 Å². The van der Waals surface area contributed by atoms with Crippen molar-refractivity contribution in [3.63, 3.8) is 0 Å². The van der Waals surface area contributed by atoms with Crippen molar-refractivity contribution >= 4 is 0 Å². The average Bonchev–Trinajstić information content (AvgIpc) is 3.08. The second kappa shape index (κ2) is 4.28. The fourth-order valence-corrected chi connectivity index (χ4v) is 3.54. The molecular weight excluding hydrogens is 276 g/mol. The maximum absolute atomic E-state index is 6.18. The highest BCUT2D eigenvalue weighted by Gasteiger charge is 2.66. The third-order valence-corrected chi connectivity index (χ3v) is 4.32. The summed E-state index contributed by atoms with van der Waals surface area (Å²) in [4.78, 5) is 0. The van der Waals surface area contributed by atoms with Crippen molar-refractivity contribution < 1.29 is 28.4 Å². The summed E-state index contributed by atoms with van der Waals surface area (Å²) < 4.78 is 35.7. The molecule has 0 amide bonds. The molecule has 3 fully saturated rings. The van der Waals surface area contributed by atoms with Crippen LogP contribution in [-0.2, 0) is 28.4 Å². The van der Waals surface area contributed by atoms with Crippen molar-refractivity contribution in [1.29, 1.82) is 0 Å². The lowest BCUT2D eigenvalue weighted by molar-refractivity contribution is -0.273. The summed E-state index contributed by atoms with van der Waals surface area (Å²) in [7, 11) is 0. The highest BCUT2D eigenvalue weighted by molar-refractivity contribution is 5.16. The number of hydrogen-bond acceptors (Lipinski definition) is 6. The van der Waals surface area contributed by atoms with Gasteiger partial charge in [-0.2, -0.15) is 0 Å². The van der Waals surface area contributed by atoms with E-state index in [2.05, 4.69) is 0 Å². The van der Waals surface area contributed by atoms with E-state index in [0.717, 1.165) is 0 Å². The van der Waals surface area contributed by atoms with Crippen molar-refractivity contribution in [2.45, 2.75) is 69.5 Å². The molecule has 0 bridgehead atoms. The largest absolute Gasteiger partial charge is 0.348 e. The predicted molar refractivity (Wildman–Crippen MR) is 71.4 cm³/mol. The molecule has 3 saturated heterocycles. The minimum atomic E-state index is -0.862. The maximum Gasteiger partial charge on any atom is 0.218 e. The molecule has 0 aromatic heterocycles. The molecule has 0 N–H and O–H groups in total. The van der Waals surface area contributed by atoms with Gasteiger partial charge in [0.25, 0.3) is 0 Å². The Bertz CT molecular complexity index is 473. The van der Waals surface area contributed by atoms with Crippen LogP contribution in [0.2, 0.25) is 0 Å². The zero-order valence-electron chi connectivity index (χ0n) is 12.8. The molecular formula is C15H22O6. The quantitative estimate of drug-likeness (QED) is 0.681. The topological polar surface area (TPSA) is 55.4 Å². The molecule has 1 spiro atoms. The first-order chi connectivity index (χ1) is 9.80. The number of rotatable bonds is 1. The van der Waals surface area contributed by atoms with E-state index in [0.29, 0.717) is 13.2 Å².